The van der Waals surface area contributed by atoms with Crippen molar-refractivity contribution >= 4 is 5.69 Å². The van der Waals surface area contributed by atoms with Crippen LogP contribution in [0.1, 0.15) is 25.5 Å². The van der Waals surface area contributed by atoms with E-state index in [4.69, 9.17) is 5.73 Å². The Morgan fingerprint density at radius 3 is 2.93 bits per heavy atom. The number of pyridine rings is 1. The van der Waals surface area contributed by atoms with E-state index in [9.17, 15) is 0 Å². The van der Waals surface area contributed by atoms with Crippen LogP contribution in [-0.4, -0.2) is 24.1 Å². The van der Waals surface area contributed by atoms with Crippen LogP contribution in [0.4, 0.5) is 5.69 Å². The quantitative estimate of drug-likeness (QED) is 0.793. The summed E-state index contributed by atoms with van der Waals surface area (Å²) in [4.78, 5) is 6.74. The molecule has 0 amide bonds. The van der Waals surface area contributed by atoms with Gasteiger partial charge in [-0.2, -0.15) is 0 Å². The molecule has 1 saturated carbocycles. The maximum Gasteiger partial charge on any atom is 0.0421 e. The molecule has 0 aliphatic heterocycles. The molecule has 1 aromatic heterocycles. The zero-order valence-electron chi connectivity index (χ0n) is 9.32. The Morgan fingerprint density at radius 1 is 1.53 bits per heavy atom. The minimum absolute atomic E-state index is 0.723. The molecule has 2 rings (SSSR count). The summed E-state index contributed by atoms with van der Waals surface area (Å²) >= 11 is 0. The molecule has 0 spiro atoms. The molecule has 82 valence electrons. The van der Waals surface area contributed by atoms with Gasteiger partial charge in [0.15, 0.2) is 0 Å². The molecule has 0 saturated heterocycles. The van der Waals surface area contributed by atoms with Crippen LogP contribution in [0.3, 0.4) is 0 Å². The third-order valence-electron chi connectivity index (χ3n) is 2.85. The van der Waals surface area contributed by atoms with Crippen molar-refractivity contribution in [2.24, 2.45) is 5.73 Å². The van der Waals surface area contributed by atoms with Crippen molar-refractivity contribution in [1.29, 1.82) is 0 Å². The molecule has 1 aliphatic rings. The first-order valence-electron chi connectivity index (χ1n) is 5.76. The summed E-state index contributed by atoms with van der Waals surface area (Å²) in [6.07, 6.45) is 5.52. The van der Waals surface area contributed by atoms with Crippen molar-refractivity contribution in [2.75, 3.05) is 18.0 Å². The molecular formula is C12H19N3. The third kappa shape index (κ3) is 2.48. The van der Waals surface area contributed by atoms with Crippen LogP contribution in [0.25, 0.3) is 0 Å². The molecule has 0 unspecified atom stereocenters. The summed E-state index contributed by atoms with van der Waals surface area (Å²) in [6, 6.07) is 5.00. The largest absolute Gasteiger partial charge is 0.367 e. The Morgan fingerprint density at radius 2 is 2.33 bits per heavy atom. The van der Waals surface area contributed by atoms with Gasteiger partial charge in [0, 0.05) is 36.7 Å². The summed E-state index contributed by atoms with van der Waals surface area (Å²) in [7, 11) is 0. The molecule has 3 heteroatoms. The van der Waals surface area contributed by atoms with E-state index in [2.05, 4.69) is 28.9 Å². The van der Waals surface area contributed by atoms with Gasteiger partial charge in [0.2, 0.25) is 0 Å². The number of hydrogen-bond donors (Lipinski definition) is 1. The van der Waals surface area contributed by atoms with Gasteiger partial charge in [-0.25, -0.2) is 0 Å². The Hall–Kier alpha value is -1.09. The van der Waals surface area contributed by atoms with Gasteiger partial charge in [-0.1, -0.05) is 6.92 Å². The Bertz CT molecular complexity index is 320. The smallest absolute Gasteiger partial charge is 0.0421 e. The summed E-state index contributed by atoms with van der Waals surface area (Å²) < 4.78 is 0. The minimum Gasteiger partial charge on any atom is -0.367 e. The van der Waals surface area contributed by atoms with Crippen molar-refractivity contribution < 1.29 is 0 Å². The second kappa shape index (κ2) is 4.62. The first-order chi connectivity index (χ1) is 7.35. The summed E-state index contributed by atoms with van der Waals surface area (Å²) in [5.74, 6) is 0. The van der Waals surface area contributed by atoms with Crippen LogP contribution in [0.15, 0.2) is 18.3 Å². The van der Waals surface area contributed by atoms with Crippen LogP contribution in [0, 0.1) is 0 Å². The summed E-state index contributed by atoms with van der Waals surface area (Å²) in [5, 5.41) is 0. The molecule has 0 atom stereocenters. The van der Waals surface area contributed by atoms with Gasteiger partial charge >= 0.3 is 0 Å². The van der Waals surface area contributed by atoms with Gasteiger partial charge in [-0.15, -0.1) is 0 Å². The fraction of sp³-hybridized carbons (Fsp3) is 0.583. The molecule has 3 nitrogen and oxygen atoms in total. The normalized spacial score (nSPS) is 15.3. The van der Waals surface area contributed by atoms with Gasteiger partial charge in [-0.05, 0) is 31.4 Å². The predicted octanol–water partition coefficient (Wildman–Crippen LogP) is 1.57. The molecule has 1 aliphatic carbocycles. The van der Waals surface area contributed by atoms with E-state index in [-0.39, 0.29) is 0 Å². The molecule has 15 heavy (non-hydrogen) atoms. The van der Waals surface area contributed by atoms with E-state index in [1.807, 2.05) is 6.20 Å². The maximum absolute atomic E-state index is 5.65. The van der Waals surface area contributed by atoms with Crippen molar-refractivity contribution in [3.63, 3.8) is 0 Å². The highest BCUT2D eigenvalue weighted by atomic mass is 15.2. The molecule has 0 radical (unpaired) electrons. The monoisotopic (exact) mass is 205 g/mol. The second-order valence-electron chi connectivity index (χ2n) is 4.07. The number of aromatic nitrogens is 1. The van der Waals surface area contributed by atoms with Crippen LogP contribution in [-0.2, 0) is 6.42 Å². The lowest BCUT2D eigenvalue weighted by Gasteiger charge is -2.24. The van der Waals surface area contributed by atoms with E-state index >= 15 is 0 Å². The molecule has 0 aromatic carbocycles. The fourth-order valence-corrected chi connectivity index (χ4v) is 1.89. The van der Waals surface area contributed by atoms with E-state index < -0.39 is 0 Å². The lowest BCUT2D eigenvalue weighted by molar-refractivity contribution is 0.782. The van der Waals surface area contributed by atoms with Crippen LogP contribution in [0.2, 0.25) is 0 Å². The average molecular weight is 205 g/mol. The number of nitrogens with two attached hydrogens (primary N) is 1. The molecule has 2 N–H and O–H groups in total. The standard InChI is InChI=1S/C12H19N3/c1-2-10-9-12(5-7-14-10)15(8-6-13)11-3-4-11/h5,7,9,11H,2-4,6,8,13H2,1H3. The fourth-order valence-electron chi connectivity index (χ4n) is 1.89. The zero-order valence-corrected chi connectivity index (χ0v) is 9.32. The van der Waals surface area contributed by atoms with Crippen molar-refractivity contribution in [3.05, 3.63) is 24.0 Å². The predicted molar refractivity (Wildman–Crippen MR) is 63.0 cm³/mol. The van der Waals surface area contributed by atoms with Gasteiger partial charge < -0.3 is 10.6 Å². The van der Waals surface area contributed by atoms with Crippen molar-refractivity contribution in [3.8, 4) is 0 Å². The Kier molecular flexibility index (Phi) is 3.21. The highest BCUT2D eigenvalue weighted by molar-refractivity contribution is 5.48. The Labute approximate surface area is 91.3 Å². The SMILES string of the molecule is CCc1cc(N(CCN)C2CC2)ccn1. The van der Waals surface area contributed by atoms with Gasteiger partial charge in [-0.3, -0.25) is 4.98 Å². The lowest BCUT2D eigenvalue weighted by Crippen LogP contribution is -2.31. The minimum atomic E-state index is 0.723. The Balaban J connectivity index is 2.16. The lowest BCUT2D eigenvalue weighted by atomic mass is 10.2. The molecule has 0 bridgehead atoms. The number of hydrogen-bond acceptors (Lipinski definition) is 3. The molecule has 1 aromatic rings. The second-order valence-corrected chi connectivity index (χ2v) is 4.07. The van der Waals surface area contributed by atoms with Crippen LogP contribution >= 0.6 is 0 Å². The van der Waals surface area contributed by atoms with E-state index in [0.29, 0.717) is 0 Å². The van der Waals surface area contributed by atoms with Crippen LogP contribution < -0.4 is 10.6 Å². The first-order valence-corrected chi connectivity index (χ1v) is 5.76. The number of nitrogens with zero attached hydrogens (tertiary/aromatic N) is 2. The average Bonchev–Trinajstić information content (AvgIpc) is 3.10. The van der Waals surface area contributed by atoms with E-state index in [1.165, 1.54) is 18.5 Å². The van der Waals surface area contributed by atoms with Crippen LogP contribution in [0.5, 0.6) is 0 Å². The first kappa shape index (κ1) is 10.4. The summed E-state index contributed by atoms with van der Waals surface area (Å²) in [6.45, 7) is 3.81. The maximum atomic E-state index is 5.65. The third-order valence-corrected chi connectivity index (χ3v) is 2.85. The number of anilines is 1. The number of rotatable bonds is 5. The van der Waals surface area contributed by atoms with E-state index in [0.717, 1.165) is 31.2 Å². The molecule has 1 fully saturated rings. The van der Waals surface area contributed by atoms with Gasteiger partial charge in [0.1, 0.15) is 0 Å². The highest BCUT2D eigenvalue weighted by Gasteiger charge is 2.28. The van der Waals surface area contributed by atoms with Gasteiger partial charge in [0.25, 0.3) is 0 Å². The highest BCUT2D eigenvalue weighted by Crippen LogP contribution is 2.31. The van der Waals surface area contributed by atoms with Crippen molar-refractivity contribution in [2.45, 2.75) is 32.2 Å². The van der Waals surface area contributed by atoms with E-state index in [1.54, 1.807) is 0 Å². The van der Waals surface area contributed by atoms with Gasteiger partial charge in [0.05, 0.1) is 0 Å². The molecular weight excluding hydrogens is 186 g/mol. The molecule has 1 heterocycles. The van der Waals surface area contributed by atoms with Crippen molar-refractivity contribution in [1.82, 2.24) is 4.98 Å². The topological polar surface area (TPSA) is 42.1 Å². The zero-order chi connectivity index (χ0) is 10.7. The number of aryl methyl sites for hydroxylation is 1. The summed E-state index contributed by atoms with van der Waals surface area (Å²) in [5.41, 5.74) is 8.09.